The number of benzene rings is 1. The molecule has 0 aliphatic carbocycles. The first-order chi connectivity index (χ1) is 13.7. The fourth-order valence-electron chi connectivity index (χ4n) is 2.77. The number of rotatable bonds is 6. The van der Waals surface area contributed by atoms with Gasteiger partial charge in [0.1, 0.15) is 10.5 Å². The van der Waals surface area contributed by atoms with Crippen molar-refractivity contribution < 1.29 is 18.4 Å². The number of aromatic amines is 2. The van der Waals surface area contributed by atoms with E-state index >= 15 is 0 Å². The molecular weight excluding hydrogens is 408 g/mol. The van der Waals surface area contributed by atoms with E-state index < -0.39 is 37.8 Å². The smallest absolute Gasteiger partial charge is 0.328 e. The predicted molar refractivity (Wildman–Crippen MR) is 102 cm³/mol. The highest BCUT2D eigenvalue weighted by molar-refractivity contribution is 7.89. The van der Waals surface area contributed by atoms with Crippen molar-refractivity contribution in [2.45, 2.75) is 17.7 Å². The van der Waals surface area contributed by atoms with Crippen molar-refractivity contribution in [3.05, 3.63) is 54.7 Å². The Hall–Kier alpha value is -3.52. The van der Waals surface area contributed by atoms with Crippen LogP contribution in [0.5, 0.6) is 5.88 Å². The van der Waals surface area contributed by atoms with Crippen LogP contribution in [0, 0.1) is 10.1 Å². The van der Waals surface area contributed by atoms with Crippen molar-refractivity contribution in [3.8, 4) is 5.88 Å². The van der Waals surface area contributed by atoms with E-state index in [1.807, 2.05) is 9.97 Å². The van der Waals surface area contributed by atoms with E-state index in [0.29, 0.717) is 25.9 Å². The van der Waals surface area contributed by atoms with E-state index in [1.54, 1.807) is 0 Å². The first-order valence-electron chi connectivity index (χ1n) is 8.33. The molecule has 4 N–H and O–H groups in total. The minimum atomic E-state index is -4.01. The Morgan fingerprint density at radius 2 is 1.93 bits per heavy atom. The van der Waals surface area contributed by atoms with E-state index in [4.69, 9.17) is 0 Å². The Kier molecular flexibility index (Phi) is 5.47. The van der Waals surface area contributed by atoms with E-state index in [1.165, 1.54) is 10.4 Å². The summed E-state index contributed by atoms with van der Waals surface area (Å²) in [6, 6.07) is 3.20. The van der Waals surface area contributed by atoms with Crippen molar-refractivity contribution >= 4 is 27.6 Å². The number of aromatic nitrogens is 2. The number of aromatic hydroxyl groups is 1. The van der Waals surface area contributed by atoms with E-state index in [-0.39, 0.29) is 16.1 Å². The molecule has 2 heterocycles. The predicted octanol–water partition coefficient (Wildman–Crippen LogP) is -0.0925. The average molecular weight is 424 g/mol. The van der Waals surface area contributed by atoms with Crippen LogP contribution in [-0.2, 0) is 10.0 Å². The second-order valence-corrected chi connectivity index (χ2v) is 8.00. The number of nitrogens with one attached hydrogen (secondary N) is 3. The molecule has 1 saturated heterocycles. The van der Waals surface area contributed by atoms with Crippen LogP contribution in [0.3, 0.4) is 0 Å². The van der Waals surface area contributed by atoms with Crippen LogP contribution in [0.15, 0.2) is 37.8 Å². The van der Waals surface area contributed by atoms with Gasteiger partial charge in [0, 0.05) is 25.2 Å². The number of H-pyrrole nitrogens is 2. The molecule has 0 amide bonds. The maximum Gasteiger partial charge on any atom is 0.328 e. The van der Waals surface area contributed by atoms with E-state index in [9.17, 15) is 33.2 Å². The number of nitro benzene ring substituents is 1. The highest BCUT2D eigenvalue weighted by Gasteiger charge is 2.31. The molecule has 0 atom stereocenters. The molecule has 154 valence electrons. The monoisotopic (exact) mass is 424 g/mol. The van der Waals surface area contributed by atoms with Crippen LogP contribution < -0.4 is 16.7 Å². The first-order valence-corrected chi connectivity index (χ1v) is 9.77. The summed E-state index contributed by atoms with van der Waals surface area (Å²) >= 11 is 0. The van der Waals surface area contributed by atoms with Gasteiger partial charge in [-0.3, -0.25) is 30.3 Å². The molecule has 14 heteroatoms. The Labute approximate surface area is 162 Å². The third kappa shape index (κ3) is 4.17. The largest absolute Gasteiger partial charge is 0.494 e. The Morgan fingerprint density at radius 1 is 1.24 bits per heavy atom. The number of nitro groups is 1. The van der Waals surface area contributed by atoms with Crippen molar-refractivity contribution in [1.29, 1.82) is 0 Å². The Balaban J connectivity index is 1.98. The summed E-state index contributed by atoms with van der Waals surface area (Å²) in [5, 5.41) is 24.4. The standard InChI is InChI=1S/C15H16N6O7S/c22-13-10(14(23)18-15(24)17-13)8-16-19-11-4-3-9(21(25)26)7-12(11)29(27,28)20-5-1-2-6-20/h3-4,7-8,19H,1-2,5-6H2,(H3,17,18,22,23,24). The highest BCUT2D eigenvalue weighted by Crippen LogP contribution is 2.30. The molecule has 0 bridgehead atoms. The summed E-state index contributed by atoms with van der Waals surface area (Å²) in [7, 11) is -4.01. The number of hydrazone groups is 1. The third-order valence-electron chi connectivity index (χ3n) is 4.20. The number of hydrogen-bond donors (Lipinski definition) is 4. The van der Waals surface area contributed by atoms with Gasteiger partial charge in [-0.1, -0.05) is 0 Å². The zero-order chi connectivity index (χ0) is 21.2. The molecule has 13 nitrogen and oxygen atoms in total. The van der Waals surface area contributed by atoms with Gasteiger partial charge in [0.2, 0.25) is 15.9 Å². The molecular formula is C15H16N6O7S. The summed E-state index contributed by atoms with van der Waals surface area (Å²) in [5.74, 6) is -0.724. The van der Waals surface area contributed by atoms with Gasteiger partial charge in [0.25, 0.3) is 11.2 Å². The van der Waals surface area contributed by atoms with Gasteiger partial charge in [0.05, 0.1) is 16.8 Å². The van der Waals surface area contributed by atoms with Gasteiger partial charge in [-0.2, -0.15) is 9.41 Å². The molecule has 0 unspecified atom stereocenters. The Bertz CT molecular complexity index is 1190. The van der Waals surface area contributed by atoms with Crippen LogP contribution in [0.25, 0.3) is 0 Å². The Morgan fingerprint density at radius 3 is 2.55 bits per heavy atom. The van der Waals surface area contributed by atoms with E-state index in [2.05, 4.69) is 10.5 Å². The molecule has 0 radical (unpaired) electrons. The van der Waals surface area contributed by atoms with Gasteiger partial charge >= 0.3 is 5.69 Å². The minimum absolute atomic E-state index is 0.0564. The fourth-order valence-corrected chi connectivity index (χ4v) is 4.45. The average Bonchev–Trinajstić information content (AvgIpc) is 3.19. The molecule has 1 aromatic heterocycles. The van der Waals surface area contributed by atoms with Gasteiger partial charge < -0.3 is 5.11 Å². The van der Waals surface area contributed by atoms with Gasteiger partial charge in [-0.25, -0.2) is 13.2 Å². The first kappa shape index (κ1) is 20.2. The molecule has 1 aliphatic rings. The summed E-state index contributed by atoms with van der Waals surface area (Å²) in [6.45, 7) is 0.600. The maximum atomic E-state index is 12.9. The molecule has 0 saturated carbocycles. The topological polar surface area (TPSA) is 191 Å². The molecule has 2 aromatic rings. The molecule has 29 heavy (non-hydrogen) atoms. The van der Waals surface area contributed by atoms with Crippen LogP contribution in [0.2, 0.25) is 0 Å². The summed E-state index contributed by atoms with van der Waals surface area (Å²) < 4.78 is 27.0. The van der Waals surface area contributed by atoms with E-state index in [0.717, 1.165) is 18.3 Å². The second kappa shape index (κ2) is 7.84. The quantitative estimate of drug-likeness (QED) is 0.281. The fraction of sp³-hybridized carbons (Fsp3) is 0.267. The van der Waals surface area contributed by atoms with Crippen molar-refractivity contribution in [2.24, 2.45) is 5.10 Å². The lowest BCUT2D eigenvalue weighted by Gasteiger charge is -2.17. The zero-order valence-corrected chi connectivity index (χ0v) is 15.6. The van der Waals surface area contributed by atoms with Gasteiger partial charge in [0.15, 0.2) is 0 Å². The third-order valence-corrected chi connectivity index (χ3v) is 6.13. The molecule has 0 spiro atoms. The number of anilines is 1. The maximum absolute atomic E-state index is 12.9. The van der Waals surface area contributed by atoms with Crippen LogP contribution in [0.4, 0.5) is 11.4 Å². The summed E-state index contributed by atoms with van der Waals surface area (Å²) in [5.41, 5.74) is -0.249. The number of non-ortho nitro benzene ring substituents is 1. The van der Waals surface area contributed by atoms with Gasteiger partial charge in [-0.15, -0.1) is 0 Å². The van der Waals surface area contributed by atoms with Gasteiger partial charge in [-0.05, 0) is 18.9 Å². The zero-order valence-electron chi connectivity index (χ0n) is 14.8. The molecule has 1 aromatic carbocycles. The number of sulfonamides is 1. The minimum Gasteiger partial charge on any atom is -0.494 e. The van der Waals surface area contributed by atoms with Crippen molar-refractivity contribution in [1.82, 2.24) is 14.3 Å². The number of nitrogens with zero attached hydrogens (tertiary/aromatic N) is 3. The summed E-state index contributed by atoms with van der Waals surface area (Å²) in [4.78, 5) is 36.6. The SMILES string of the molecule is O=c1[nH]c(O)c(C=NNc2ccc([N+](=O)[O-])cc2S(=O)(=O)N2CCCC2)c(=O)[nH]1. The molecule has 1 aliphatic heterocycles. The normalized spacial score (nSPS) is 15.0. The molecule has 3 rings (SSSR count). The van der Waals surface area contributed by atoms with Crippen LogP contribution in [-0.4, -0.2) is 52.0 Å². The van der Waals surface area contributed by atoms with Crippen molar-refractivity contribution in [2.75, 3.05) is 18.5 Å². The summed E-state index contributed by atoms with van der Waals surface area (Å²) in [6.07, 6.45) is 2.24. The second-order valence-electron chi connectivity index (χ2n) is 6.09. The van der Waals surface area contributed by atoms with Crippen LogP contribution in [0.1, 0.15) is 18.4 Å². The van der Waals surface area contributed by atoms with Crippen molar-refractivity contribution in [3.63, 3.8) is 0 Å². The number of hydrogen-bond acceptors (Lipinski definition) is 9. The van der Waals surface area contributed by atoms with Crippen LogP contribution >= 0.6 is 0 Å². The lowest BCUT2D eigenvalue weighted by Crippen LogP contribution is -2.28. The highest BCUT2D eigenvalue weighted by atomic mass is 32.2. The molecule has 1 fully saturated rings. The lowest BCUT2D eigenvalue weighted by molar-refractivity contribution is -0.385. The lowest BCUT2D eigenvalue weighted by atomic mass is 10.3.